The van der Waals surface area contributed by atoms with Gasteiger partial charge >= 0.3 is 0 Å². The number of aliphatic hydroxyl groups excluding tert-OH is 1. The normalized spacial score (nSPS) is 11.3. The summed E-state index contributed by atoms with van der Waals surface area (Å²) in [5, 5.41) is 12.7. The topological polar surface area (TPSA) is 125 Å². The third kappa shape index (κ3) is 7.13. The van der Waals surface area contributed by atoms with Crippen LogP contribution in [-0.2, 0) is 6.61 Å². The SMILES string of the molecule is CCCC[C@@H](CCO)Nc1nc(N)ncc1OCc1nccc(OC)c1OC.S. The molecule has 162 valence electrons. The molecule has 4 N–H and O–H groups in total. The Hall–Kier alpha value is -2.46. The van der Waals surface area contributed by atoms with E-state index >= 15 is 0 Å². The van der Waals surface area contributed by atoms with E-state index in [-0.39, 0.29) is 38.7 Å². The summed E-state index contributed by atoms with van der Waals surface area (Å²) in [6, 6.07) is 1.78. The van der Waals surface area contributed by atoms with Crippen molar-refractivity contribution in [2.24, 2.45) is 0 Å². The summed E-state index contributed by atoms with van der Waals surface area (Å²) in [4.78, 5) is 12.6. The highest BCUT2D eigenvalue weighted by molar-refractivity contribution is 7.59. The number of nitrogen functional groups attached to an aromatic ring is 1. The molecule has 0 aliphatic rings. The van der Waals surface area contributed by atoms with Crippen LogP contribution in [0.5, 0.6) is 17.2 Å². The number of nitrogens with zero attached hydrogens (tertiary/aromatic N) is 3. The number of rotatable bonds is 12. The number of unbranched alkanes of at least 4 members (excludes halogenated alkanes) is 1. The molecule has 29 heavy (non-hydrogen) atoms. The van der Waals surface area contributed by atoms with Crippen molar-refractivity contribution in [1.82, 2.24) is 15.0 Å². The molecule has 0 saturated heterocycles. The molecule has 0 aliphatic heterocycles. The molecule has 0 unspecified atom stereocenters. The second-order valence-corrected chi connectivity index (χ2v) is 6.22. The van der Waals surface area contributed by atoms with Crippen LogP contribution in [0.3, 0.4) is 0 Å². The zero-order valence-electron chi connectivity index (χ0n) is 17.1. The van der Waals surface area contributed by atoms with Crippen LogP contribution >= 0.6 is 13.5 Å². The van der Waals surface area contributed by atoms with Crippen LogP contribution in [0.4, 0.5) is 11.8 Å². The Morgan fingerprint density at radius 1 is 1.17 bits per heavy atom. The fourth-order valence-corrected chi connectivity index (χ4v) is 2.78. The number of aliphatic hydroxyl groups is 1. The summed E-state index contributed by atoms with van der Waals surface area (Å²) in [5.41, 5.74) is 6.34. The average Bonchev–Trinajstić information content (AvgIpc) is 2.71. The van der Waals surface area contributed by atoms with Gasteiger partial charge in [-0.3, -0.25) is 4.98 Å². The van der Waals surface area contributed by atoms with Crippen LogP contribution in [0.1, 0.15) is 38.3 Å². The molecule has 2 heterocycles. The largest absolute Gasteiger partial charge is 0.493 e. The van der Waals surface area contributed by atoms with Crippen LogP contribution in [0, 0.1) is 0 Å². The van der Waals surface area contributed by atoms with E-state index in [1.54, 1.807) is 26.5 Å². The van der Waals surface area contributed by atoms with Crippen molar-refractivity contribution in [2.75, 3.05) is 31.9 Å². The van der Waals surface area contributed by atoms with E-state index < -0.39 is 0 Å². The first-order chi connectivity index (χ1) is 13.6. The van der Waals surface area contributed by atoms with Crippen molar-refractivity contribution in [3.63, 3.8) is 0 Å². The summed E-state index contributed by atoms with van der Waals surface area (Å²) in [5.74, 6) is 2.16. The van der Waals surface area contributed by atoms with Gasteiger partial charge in [-0.15, -0.1) is 0 Å². The van der Waals surface area contributed by atoms with Gasteiger partial charge < -0.3 is 30.4 Å². The van der Waals surface area contributed by atoms with Gasteiger partial charge in [0.2, 0.25) is 5.95 Å². The number of hydrogen-bond acceptors (Lipinski definition) is 9. The van der Waals surface area contributed by atoms with Crippen LogP contribution in [-0.4, -0.2) is 46.9 Å². The molecule has 2 aromatic heterocycles. The predicted molar refractivity (Wildman–Crippen MR) is 117 cm³/mol. The first kappa shape index (κ1) is 24.6. The second kappa shape index (κ2) is 12.9. The van der Waals surface area contributed by atoms with Crippen molar-refractivity contribution in [3.8, 4) is 17.2 Å². The Kier molecular flexibility index (Phi) is 10.9. The summed E-state index contributed by atoms with van der Waals surface area (Å²) in [6.45, 7) is 2.35. The number of nitrogens with two attached hydrogens (primary N) is 1. The number of ether oxygens (including phenoxy) is 3. The van der Waals surface area contributed by atoms with E-state index in [9.17, 15) is 5.11 Å². The van der Waals surface area contributed by atoms with Crippen LogP contribution < -0.4 is 25.3 Å². The van der Waals surface area contributed by atoms with E-state index in [2.05, 4.69) is 27.2 Å². The maximum Gasteiger partial charge on any atom is 0.222 e. The summed E-state index contributed by atoms with van der Waals surface area (Å²) in [6.07, 6.45) is 6.77. The Labute approximate surface area is 178 Å². The van der Waals surface area contributed by atoms with Gasteiger partial charge in [-0.2, -0.15) is 18.5 Å². The highest BCUT2D eigenvalue weighted by Crippen LogP contribution is 2.31. The number of aromatic nitrogens is 3. The number of nitrogens with one attached hydrogen (secondary N) is 1. The molecule has 9 nitrogen and oxygen atoms in total. The molecule has 10 heteroatoms. The van der Waals surface area contributed by atoms with Gasteiger partial charge in [0.1, 0.15) is 12.3 Å². The smallest absolute Gasteiger partial charge is 0.222 e. The Bertz CT molecular complexity index is 751. The van der Waals surface area contributed by atoms with Gasteiger partial charge in [-0.1, -0.05) is 19.8 Å². The number of methoxy groups -OCH3 is 2. The van der Waals surface area contributed by atoms with Crippen LogP contribution in [0.2, 0.25) is 0 Å². The van der Waals surface area contributed by atoms with Crippen molar-refractivity contribution in [2.45, 2.75) is 45.3 Å². The highest BCUT2D eigenvalue weighted by atomic mass is 32.1. The van der Waals surface area contributed by atoms with Gasteiger partial charge in [-0.05, 0) is 12.8 Å². The van der Waals surface area contributed by atoms with Crippen LogP contribution in [0.15, 0.2) is 18.5 Å². The summed E-state index contributed by atoms with van der Waals surface area (Å²) < 4.78 is 16.6. The molecule has 1 atom stereocenters. The molecule has 0 saturated carbocycles. The third-order valence-corrected chi connectivity index (χ3v) is 4.23. The third-order valence-electron chi connectivity index (χ3n) is 4.23. The minimum absolute atomic E-state index is 0. The maximum absolute atomic E-state index is 9.33. The fraction of sp³-hybridized carbons (Fsp3) is 0.526. The Balaban J connectivity index is 0.00000420. The van der Waals surface area contributed by atoms with Gasteiger partial charge in [0.05, 0.1) is 20.4 Å². The minimum atomic E-state index is 0. The average molecular weight is 426 g/mol. The minimum Gasteiger partial charge on any atom is -0.493 e. The van der Waals surface area contributed by atoms with Crippen molar-refractivity contribution in [3.05, 3.63) is 24.2 Å². The quantitative estimate of drug-likeness (QED) is 0.470. The lowest BCUT2D eigenvalue weighted by Crippen LogP contribution is -2.22. The molecule has 2 rings (SSSR count). The van der Waals surface area contributed by atoms with Gasteiger partial charge in [-0.25, -0.2) is 4.98 Å². The zero-order chi connectivity index (χ0) is 20.4. The lowest BCUT2D eigenvalue weighted by molar-refractivity contribution is 0.273. The molecule has 0 aliphatic carbocycles. The van der Waals surface area contributed by atoms with E-state index in [1.807, 2.05) is 0 Å². The fourth-order valence-electron chi connectivity index (χ4n) is 2.78. The second-order valence-electron chi connectivity index (χ2n) is 6.22. The summed E-state index contributed by atoms with van der Waals surface area (Å²) in [7, 11) is 3.12. The van der Waals surface area contributed by atoms with E-state index in [0.717, 1.165) is 19.3 Å². The zero-order valence-corrected chi connectivity index (χ0v) is 18.1. The molecule has 0 bridgehead atoms. The Morgan fingerprint density at radius 2 is 1.97 bits per heavy atom. The molecule has 0 amide bonds. The van der Waals surface area contributed by atoms with E-state index in [0.29, 0.717) is 35.2 Å². The molecular formula is C19H31N5O4S. The molecular weight excluding hydrogens is 394 g/mol. The molecule has 0 fully saturated rings. The first-order valence-electron chi connectivity index (χ1n) is 9.31. The van der Waals surface area contributed by atoms with Gasteiger partial charge in [0.15, 0.2) is 23.1 Å². The lowest BCUT2D eigenvalue weighted by Gasteiger charge is -2.20. The molecule has 2 aromatic rings. The molecule has 0 radical (unpaired) electrons. The number of anilines is 2. The standard InChI is InChI=1S/C19H29N5O4.H2S/c1-4-5-6-13(8-10-25)23-18-16(11-22-19(20)24-18)28-12-14-17(27-3)15(26-2)7-9-21-14;/h7,9,11,13,25H,4-6,8,10,12H2,1-3H3,(H3,20,22,23,24);1H2/t13-;/m0./s1. The predicted octanol–water partition coefficient (Wildman–Crippen LogP) is 2.52. The molecule has 0 aromatic carbocycles. The van der Waals surface area contributed by atoms with Crippen molar-refractivity contribution < 1.29 is 19.3 Å². The first-order valence-corrected chi connectivity index (χ1v) is 9.31. The highest BCUT2D eigenvalue weighted by Gasteiger charge is 2.16. The van der Waals surface area contributed by atoms with Crippen LogP contribution in [0.25, 0.3) is 0 Å². The Morgan fingerprint density at radius 3 is 2.62 bits per heavy atom. The van der Waals surface area contributed by atoms with Crippen molar-refractivity contribution >= 4 is 25.3 Å². The number of hydrogen-bond donors (Lipinski definition) is 3. The maximum atomic E-state index is 9.33. The number of pyridine rings is 1. The molecule has 0 spiro atoms. The van der Waals surface area contributed by atoms with Crippen molar-refractivity contribution in [1.29, 1.82) is 0 Å². The van der Waals surface area contributed by atoms with E-state index in [4.69, 9.17) is 19.9 Å². The summed E-state index contributed by atoms with van der Waals surface area (Å²) >= 11 is 0. The van der Waals surface area contributed by atoms with Gasteiger partial charge in [0.25, 0.3) is 0 Å². The van der Waals surface area contributed by atoms with E-state index in [1.165, 1.54) is 6.20 Å². The monoisotopic (exact) mass is 425 g/mol. The lowest BCUT2D eigenvalue weighted by atomic mass is 10.1. The van der Waals surface area contributed by atoms with Gasteiger partial charge in [0, 0.05) is 24.9 Å².